The van der Waals surface area contributed by atoms with Gasteiger partial charge in [-0.05, 0) is 43.0 Å². The van der Waals surface area contributed by atoms with E-state index in [2.05, 4.69) is 16.1 Å². The molecule has 4 unspecified atom stereocenters. The zero-order valence-corrected chi connectivity index (χ0v) is 12.9. The molecule has 2 nitrogen and oxygen atoms in total. The Bertz CT molecular complexity index is 573. The van der Waals surface area contributed by atoms with Crippen LogP contribution in [0.1, 0.15) is 24.0 Å². The number of benzene rings is 1. The fourth-order valence-corrected chi connectivity index (χ4v) is 3.73. The molecule has 3 aliphatic rings. The summed E-state index contributed by atoms with van der Waals surface area (Å²) in [6.07, 6.45) is 3.62. The largest absolute Gasteiger partial charge is 0.416 e. The first-order valence-corrected chi connectivity index (χ1v) is 8.04. The lowest BCUT2D eigenvalue weighted by molar-refractivity contribution is -0.137. The molecule has 3 saturated heterocycles. The molecule has 4 rings (SSSR count). The van der Waals surface area contributed by atoms with E-state index >= 15 is 0 Å². The molecule has 0 amide bonds. The summed E-state index contributed by atoms with van der Waals surface area (Å²) >= 11 is 0. The van der Waals surface area contributed by atoms with E-state index in [4.69, 9.17) is 6.42 Å². The average Bonchev–Trinajstić information content (AvgIpc) is 2.55. The van der Waals surface area contributed by atoms with Crippen LogP contribution in [0.5, 0.6) is 0 Å². The van der Waals surface area contributed by atoms with Gasteiger partial charge in [-0.3, -0.25) is 4.90 Å². The van der Waals surface area contributed by atoms with Crippen LogP contribution in [0.3, 0.4) is 0 Å². The van der Waals surface area contributed by atoms with Gasteiger partial charge in [-0.15, -0.1) is 12.3 Å². The number of alkyl halides is 3. The van der Waals surface area contributed by atoms with Gasteiger partial charge in [0.15, 0.2) is 0 Å². The molecular weight excluding hydrogens is 301 g/mol. The average molecular weight is 322 g/mol. The molecule has 3 fully saturated rings. The Morgan fingerprint density at radius 2 is 2.00 bits per heavy atom. The lowest BCUT2D eigenvalue weighted by atomic mass is 9.76. The first-order chi connectivity index (χ1) is 11.0. The van der Waals surface area contributed by atoms with E-state index in [-0.39, 0.29) is 0 Å². The van der Waals surface area contributed by atoms with Crippen molar-refractivity contribution in [1.82, 2.24) is 10.2 Å². The summed E-state index contributed by atoms with van der Waals surface area (Å²) in [6, 6.07) is 5.85. The minimum atomic E-state index is -4.27. The molecule has 0 aromatic heterocycles. The molecule has 1 N–H and O–H groups in total. The van der Waals surface area contributed by atoms with Crippen LogP contribution in [0.25, 0.3) is 0 Å². The Morgan fingerprint density at radius 1 is 1.26 bits per heavy atom. The highest BCUT2D eigenvalue weighted by atomic mass is 19.4. The van der Waals surface area contributed by atoms with E-state index in [1.807, 2.05) is 0 Å². The molecule has 23 heavy (non-hydrogen) atoms. The standard InChI is InChI=1S/C18H21F3N2/c1-2-14-12-23-8-7-15(14)9-17(23)11-22-10-13-3-5-16(6-4-13)18(19,20)21/h1,3-6,14-15,17,22H,7-12H2. The van der Waals surface area contributed by atoms with Crippen molar-refractivity contribution < 1.29 is 13.2 Å². The van der Waals surface area contributed by atoms with Crippen LogP contribution in [0.4, 0.5) is 13.2 Å². The molecule has 3 heterocycles. The quantitative estimate of drug-likeness (QED) is 0.857. The van der Waals surface area contributed by atoms with E-state index in [1.165, 1.54) is 18.6 Å². The molecule has 1 aromatic carbocycles. The van der Waals surface area contributed by atoms with Gasteiger partial charge < -0.3 is 5.32 Å². The molecule has 5 heteroatoms. The van der Waals surface area contributed by atoms with Crippen molar-refractivity contribution in [2.45, 2.75) is 31.6 Å². The van der Waals surface area contributed by atoms with Crippen LogP contribution in [0.2, 0.25) is 0 Å². The number of rotatable bonds is 4. The zero-order valence-electron chi connectivity index (χ0n) is 12.9. The molecule has 124 valence electrons. The third kappa shape index (κ3) is 3.70. The lowest BCUT2D eigenvalue weighted by Gasteiger charge is -2.48. The Balaban J connectivity index is 1.48. The van der Waals surface area contributed by atoms with Crippen LogP contribution < -0.4 is 5.32 Å². The number of nitrogens with one attached hydrogen (secondary N) is 1. The molecule has 0 saturated carbocycles. The second-order valence-electron chi connectivity index (χ2n) is 6.53. The van der Waals surface area contributed by atoms with Gasteiger partial charge in [0.2, 0.25) is 0 Å². The van der Waals surface area contributed by atoms with Gasteiger partial charge in [-0.1, -0.05) is 12.1 Å². The maximum atomic E-state index is 12.5. The molecule has 3 aliphatic heterocycles. The van der Waals surface area contributed by atoms with Crippen molar-refractivity contribution in [1.29, 1.82) is 0 Å². The topological polar surface area (TPSA) is 15.3 Å². The van der Waals surface area contributed by atoms with Gasteiger partial charge >= 0.3 is 6.18 Å². The molecule has 1 aromatic rings. The van der Waals surface area contributed by atoms with Crippen LogP contribution in [-0.2, 0) is 12.7 Å². The molecule has 0 spiro atoms. The van der Waals surface area contributed by atoms with Crippen LogP contribution in [0, 0.1) is 24.2 Å². The number of hydrogen-bond donors (Lipinski definition) is 1. The minimum Gasteiger partial charge on any atom is -0.311 e. The number of hydrogen-bond acceptors (Lipinski definition) is 2. The van der Waals surface area contributed by atoms with Crippen molar-refractivity contribution in [2.75, 3.05) is 19.6 Å². The zero-order chi connectivity index (χ0) is 16.4. The predicted molar refractivity (Wildman–Crippen MR) is 83.6 cm³/mol. The van der Waals surface area contributed by atoms with E-state index in [0.717, 1.165) is 43.8 Å². The fraction of sp³-hybridized carbons (Fsp3) is 0.556. The molecule has 0 radical (unpaired) electrons. The van der Waals surface area contributed by atoms with Crippen molar-refractivity contribution >= 4 is 0 Å². The first-order valence-electron chi connectivity index (χ1n) is 8.04. The lowest BCUT2D eigenvalue weighted by Crippen LogP contribution is -2.55. The number of piperidine rings is 3. The van der Waals surface area contributed by atoms with Crippen molar-refractivity contribution in [2.24, 2.45) is 11.8 Å². The second kappa shape index (κ2) is 6.54. The minimum absolute atomic E-state index is 0.384. The summed E-state index contributed by atoms with van der Waals surface area (Å²) in [7, 11) is 0. The van der Waals surface area contributed by atoms with Crippen LogP contribution in [0.15, 0.2) is 24.3 Å². The maximum absolute atomic E-state index is 12.5. The smallest absolute Gasteiger partial charge is 0.311 e. The van der Waals surface area contributed by atoms with Crippen molar-refractivity contribution in [3.63, 3.8) is 0 Å². The Morgan fingerprint density at radius 3 is 2.57 bits per heavy atom. The summed E-state index contributed by atoms with van der Waals surface area (Å²) in [6.45, 7) is 3.53. The van der Waals surface area contributed by atoms with Crippen molar-refractivity contribution in [3.05, 3.63) is 35.4 Å². The van der Waals surface area contributed by atoms with Gasteiger partial charge in [0, 0.05) is 31.6 Å². The fourth-order valence-electron chi connectivity index (χ4n) is 3.73. The van der Waals surface area contributed by atoms with E-state index in [1.54, 1.807) is 0 Å². The SMILES string of the molecule is C#CC1CN2CCC1CC2CNCc1ccc(C(F)(F)F)cc1. The molecular formula is C18H21F3N2. The summed E-state index contributed by atoms with van der Waals surface area (Å²) in [5, 5.41) is 3.37. The van der Waals surface area contributed by atoms with Gasteiger partial charge in [0.25, 0.3) is 0 Å². The summed E-state index contributed by atoms with van der Waals surface area (Å²) in [5.74, 6) is 3.91. The van der Waals surface area contributed by atoms with E-state index in [9.17, 15) is 13.2 Å². The first kappa shape index (κ1) is 16.4. The third-order valence-corrected chi connectivity index (χ3v) is 5.08. The highest BCUT2D eigenvalue weighted by Crippen LogP contribution is 2.35. The van der Waals surface area contributed by atoms with Gasteiger partial charge in [0.05, 0.1) is 5.56 Å². The monoisotopic (exact) mass is 322 g/mol. The van der Waals surface area contributed by atoms with E-state index in [0.29, 0.717) is 24.4 Å². The van der Waals surface area contributed by atoms with Crippen LogP contribution >= 0.6 is 0 Å². The molecule has 4 atom stereocenters. The van der Waals surface area contributed by atoms with Crippen LogP contribution in [-0.4, -0.2) is 30.6 Å². The second-order valence-corrected chi connectivity index (χ2v) is 6.53. The number of fused-ring (bicyclic) bond motifs is 3. The molecule has 2 bridgehead atoms. The number of halogens is 3. The molecule has 0 aliphatic carbocycles. The summed E-state index contributed by atoms with van der Waals surface area (Å²) in [4.78, 5) is 2.45. The normalized spacial score (nSPS) is 30.2. The third-order valence-electron chi connectivity index (χ3n) is 5.08. The Labute approximate surface area is 135 Å². The number of nitrogens with zero attached hydrogens (tertiary/aromatic N) is 1. The summed E-state index contributed by atoms with van der Waals surface area (Å²) < 4.78 is 37.6. The van der Waals surface area contributed by atoms with Gasteiger partial charge in [0.1, 0.15) is 0 Å². The Hall–Kier alpha value is -1.51. The Kier molecular flexibility index (Phi) is 4.65. The predicted octanol–water partition coefficient (Wildman–Crippen LogP) is 3.14. The van der Waals surface area contributed by atoms with E-state index < -0.39 is 11.7 Å². The number of terminal acetylenes is 1. The summed E-state index contributed by atoms with van der Waals surface area (Å²) in [5.41, 5.74) is 0.271. The van der Waals surface area contributed by atoms with Crippen molar-refractivity contribution in [3.8, 4) is 12.3 Å². The van der Waals surface area contributed by atoms with Gasteiger partial charge in [-0.2, -0.15) is 13.2 Å². The maximum Gasteiger partial charge on any atom is 0.416 e. The van der Waals surface area contributed by atoms with Gasteiger partial charge in [-0.25, -0.2) is 0 Å². The highest BCUT2D eigenvalue weighted by Gasteiger charge is 2.38. The highest BCUT2D eigenvalue weighted by molar-refractivity contribution is 5.24.